The van der Waals surface area contributed by atoms with Crippen molar-refractivity contribution in [2.75, 3.05) is 18.4 Å². The Bertz CT molecular complexity index is 852. The van der Waals surface area contributed by atoms with E-state index in [2.05, 4.69) is 15.6 Å². The molecule has 0 aromatic heterocycles. The lowest BCUT2D eigenvalue weighted by Gasteiger charge is -2.25. The number of amides is 3. The largest absolute Gasteiger partial charge is 0.370 e. The molecule has 2 atom stereocenters. The van der Waals surface area contributed by atoms with Crippen molar-refractivity contribution in [3.63, 3.8) is 0 Å². The van der Waals surface area contributed by atoms with Crippen molar-refractivity contribution in [3.8, 4) is 0 Å². The fourth-order valence-electron chi connectivity index (χ4n) is 3.35. The van der Waals surface area contributed by atoms with Crippen LogP contribution < -0.4 is 22.1 Å². The fourth-order valence-corrected chi connectivity index (χ4v) is 3.35. The molecule has 0 bridgehead atoms. The number of carbonyl (C=O) groups is 3. The van der Waals surface area contributed by atoms with Crippen LogP contribution in [-0.4, -0.2) is 58.7 Å². The summed E-state index contributed by atoms with van der Waals surface area (Å²) in [6.07, 6.45) is 1.92. The highest BCUT2D eigenvalue weighted by atomic mass is 16.6. The highest BCUT2D eigenvalue weighted by molar-refractivity contribution is 5.98. The third-order valence-corrected chi connectivity index (χ3v) is 4.88. The topological polar surface area (TPSA) is 186 Å². The van der Waals surface area contributed by atoms with E-state index in [1.165, 1.54) is 36.1 Å². The number of rotatable bonds is 9. The average Bonchev–Trinajstić information content (AvgIpc) is 3.20. The Balaban J connectivity index is 2.08. The molecule has 6 N–H and O–H groups in total. The second kappa shape index (κ2) is 10.9. The summed E-state index contributed by atoms with van der Waals surface area (Å²) in [7, 11) is 0. The maximum atomic E-state index is 12.8. The highest BCUT2D eigenvalue weighted by Gasteiger charge is 2.34. The smallest absolute Gasteiger partial charge is 0.269 e. The maximum Gasteiger partial charge on any atom is 0.269 e. The molecule has 168 valence electrons. The van der Waals surface area contributed by atoms with Gasteiger partial charge in [0.2, 0.25) is 17.7 Å². The van der Waals surface area contributed by atoms with Crippen LogP contribution in [0.25, 0.3) is 0 Å². The standard InChI is InChI=1S/C19H27N7O5/c1-12(27)25-11-3-5-16(25)18(29)24-15(4-2-10-22-19(20)21)17(28)23-13-6-8-14(9-7-13)26(30)31/h6-9,15-16H,2-5,10-11H2,1H3,(H,23,28)(H,24,29)(H4,20,21,22). The summed E-state index contributed by atoms with van der Waals surface area (Å²) < 4.78 is 0. The number of nitro benzene ring substituents is 1. The van der Waals surface area contributed by atoms with E-state index in [0.717, 1.165) is 0 Å². The number of benzene rings is 1. The molecule has 0 radical (unpaired) electrons. The van der Waals surface area contributed by atoms with E-state index >= 15 is 0 Å². The monoisotopic (exact) mass is 433 g/mol. The lowest BCUT2D eigenvalue weighted by molar-refractivity contribution is -0.384. The molecular formula is C19H27N7O5. The molecule has 1 saturated heterocycles. The minimum Gasteiger partial charge on any atom is -0.370 e. The molecule has 3 amide bonds. The normalized spacial score (nSPS) is 16.3. The zero-order chi connectivity index (χ0) is 23.0. The summed E-state index contributed by atoms with van der Waals surface area (Å²) in [5, 5.41) is 16.1. The van der Waals surface area contributed by atoms with E-state index in [1.54, 1.807) is 0 Å². The second-order valence-electron chi connectivity index (χ2n) is 7.17. The Kier molecular flexibility index (Phi) is 8.29. The van der Waals surface area contributed by atoms with Gasteiger partial charge in [0, 0.05) is 37.8 Å². The zero-order valence-electron chi connectivity index (χ0n) is 17.2. The number of nitrogens with one attached hydrogen (secondary N) is 2. The van der Waals surface area contributed by atoms with Crippen molar-refractivity contribution in [3.05, 3.63) is 34.4 Å². The van der Waals surface area contributed by atoms with Crippen LogP contribution >= 0.6 is 0 Å². The minimum absolute atomic E-state index is 0.0704. The predicted octanol–water partition coefficient (Wildman–Crippen LogP) is 0.0826. The van der Waals surface area contributed by atoms with Gasteiger partial charge >= 0.3 is 0 Å². The number of likely N-dealkylation sites (tertiary alicyclic amines) is 1. The number of nitrogens with zero attached hydrogens (tertiary/aromatic N) is 3. The summed E-state index contributed by atoms with van der Waals surface area (Å²) >= 11 is 0. The number of nitro groups is 1. The molecule has 0 saturated carbocycles. The fraction of sp³-hybridized carbons (Fsp3) is 0.474. The SMILES string of the molecule is CC(=O)N1CCCC1C(=O)NC(CCCN=C(N)N)C(=O)Nc1ccc([N+](=O)[O-])cc1. The first-order valence-corrected chi connectivity index (χ1v) is 9.87. The number of aliphatic imine (C=N–C) groups is 1. The van der Waals surface area contributed by atoms with Crippen LogP contribution in [0.15, 0.2) is 29.3 Å². The van der Waals surface area contributed by atoms with Crippen LogP contribution in [0, 0.1) is 10.1 Å². The Morgan fingerprint density at radius 3 is 2.55 bits per heavy atom. The lowest BCUT2D eigenvalue weighted by atomic mass is 10.1. The first kappa shape index (κ1) is 23.6. The Labute approximate surface area is 179 Å². The Hall–Kier alpha value is -3.70. The van der Waals surface area contributed by atoms with E-state index in [4.69, 9.17) is 11.5 Å². The molecule has 2 rings (SSSR count). The van der Waals surface area contributed by atoms with Gasteiger partial charge < -0.3 is 27.0 Å². The van der Waals surface area contributed by atoms with E-state index in [1.807, 2.05) is 0 Å². The van der Waals surface area contributed by atoms with E-state index in [-0.39, 0.29) is 30.5 Å². The van der Waals surface area contributed by atoms with E-state index in [0.29, 0.717) is 31.5 Å². The molecule has 0 aliphatic carbocycles. The summed E-state index contributed by atoms with van der Waals surface area (Å²) in [6.45, 7) is 2.18. The van der Waals surface area contributed by atoms with Crippen molar-refractivity contribution in [1.82, 2.24) is 10.2 Å². The molecule has 0 spiro atoms. The van der Waals surface area contributed by atoms with Crippen molar-refractivity contribution < 1.29 is 19.3 Å². The number of non-ortho nitro benzene ring substituents is 1. The van der Waals surface area contributed by atoms with Gasteiger partial charge in [0.15, 0.2) is 5.96 Å². The molecule has 1 aromatic carbocycles. The van der Waals surface area contributed by atoms with Crippen molar-refractivity contribution in [2.24, 2.45) is 16.5 Å². The Morgan fingerprint density at radius 2 is 1.97 bits per heavy atom. The zero-order valence-corrected chi connectivity index (χ0v) is 17.2. The first-order valence-electron chi connectivity index (χ1n) is 9.87. The van der Waals surface area contributed by atoms with Gasteiger partial charge in [-0.05, 0) is 37.8 Å². The third-order valence-electron chi connectivity index (χ3n) is 4.88. The molecule has 1 fully saturated rings. The van der Waals surface area contributed by atoms with Gasteiger partial charge in [-0.25, -0.2) is 0 Å². The van der Waals surface area contributed by atoms with Gasteiger partial charge in [-0.3, -0.25) is 29.5 Å². The number of hydrogen-bond donors (Lipinski definition) is 4. The predicted molar refractivity (Wildman–Crippen MR) is 114 cm³/mol. The number of guanidine groups is 1. The summed E-state index contributed by atoms with van der Waals surface area (Å²) in [6, 6.07) is 3.83. The summed E-state index contributed by atoms with van der Waals surface area (Å²) in [5.41, 5.74) is 10.9. The summed E-state index contributed by atoms with van der Waals surface area (Å²) in [4.78, 5) is 52.9. The number of hydrogen-bond acceptors (Lipinski definition) is 6. The van der Waals surface area contributed by atoms with Crippen molar-refractivity contribution in [2.45, 2.75) is 44.7 Å². The van der Waals surface area contributed by atoms with Crippen LogP contribution in [-0.2, 0) is 14.4 Å². The van der Waals surface area contributed by atoms with Crippen molar-refractivity contribution >= 4 is 35.1 Å². The number of carbonyl (C=O) groups excluding carboxylic acids is 3. The maximum absolute atomic E-state index is 12.8. The summed E-state index contributed by atoms with van der Waals surface area (Å²) in [5.74, 6) is -1.16. The molecule has 12 heteroatoms. The molecule has 31 heavy (non-hydrogen) atoms. The van der Waals surface area contributed by atoms with Crippen molar-refractivity contribution in [1.29, 1.82) is 0 Å². The Morgan fingerprint density at radius 1 is 1.29 bits per heavy atom. The second-order valence-corrected chi connectivity index (χ2v) is 7.17. The quantitative estimate of drug-likeness (QED) is 0.139. The van der Waals surface area contributed by atoms with Crippen LogP contribution in [0.3, 0.4) is 0 Å². The number of anilines is 1. The molecule has 1 aliphatic rings. The molecule has 1 heterocycles. The van der Waals surface area contributed by atoms with Gasteiger partial charge in [0.25, 0.3) is 5.69 Å². The highest BCUT2D eigenvalue weighted by Crippen LogP contribution is 2.19. The van der Waals surface area contributed by atoms with Gasteiger partial charge in [0.1, 0.15) is 12.1 Å². The van der Waals surface area contributed by atoms with Crippen LogP contribution in [0.5, 0.6) is 0 Å². The van der Waals surface area contributed by atoms with E-state index < -0.39 is 28.8 Å². The molecule has 12 nitrogen and oxygen atoms in total. The molecule has 1 aliphatic heterocycles. The lowest BCUT2D eigenvalue weighted by Crippen LogP contribution is -2.51. The third kappa shape index (κ3) is 6.94. The molecular weight excluding hydrogens is 406 g/mol. The number of nitrogens with two attached hydrogens (primary N) is 2. The van der Waals surface area contributed by atoms with Crippen LogP contribution in [0.2, 0.25) is 0 Å². The van der Waals surface area contributed by atoms with Gasteiger partial charge in [-0.15, -0.1) is 0 Å². The van der Waals surface area contributed by atoms with E-state index in [9.17, 15) is 24.5 Å². The molecule has 2 unspecified atom stereocenters. The average molecular weight is 433 g/mol. The van der Waals surface area contributed by atoms with Crippen LogP contribution in [0.1, 0.15) is 32.6 Å². The van der Waals surface area contributed by atoms with Gasteiger partial charge in [0.05, 0.1) is 4.92 Å². The molecule has 1 aromatic rings. The van der Waals surface area contributed by atoms with Gasteiger partial charge in [-0.1, -0.05) is 0 Å². The van der Waals surface area contributed by atoms with Crippen LogP contribution in [0.4, 0.5) is 11.4 Å². The van der Waals surface area contributed by atoms with Gasteiger partial charge in [-0.2, -0.15) is 0 Å². The minimum atomic E-state index is -0.897. The first-order chi connectivity index (χ1) is 14.7.